The smallest absolute Gasteiger partial charge is 0.257 e. The van der Waals surface area contributed by atoms with E-state index in [-0.39, 0.29) is 5.91 Å². The summed E-state index contributed by atoms with van der Waals surface area (Å²) in [6.07, 6.45) is 3.36. The van der Waals surface area contributed by atoms with Crippen molar-refractivity contribution in [2.45, 2.75) is 29.6 Å². The van der Waals surface area contributed by atoms with Gasteiger partial charge in [-0.1, -0.05) is 55.9 Å². The van der Waals surface area contributed by atoms with Gasteiger partial charge in [0, 0.05) is 27.9 Å². The summed E-state index contributed by atoms with van der Waals surface area (Å²) in [6, 6.07) is 19.9. The van der Waals surface area contributed by atoms with Gasteiger partial charge < -0.3 is 5.32 Å². The maximum Gasteiger partial charge on any atom is 0.257 e. The zero-order chi connectivity index (χ0) is 17.6. The van der Waals surface area contributed by atoms with E-state index in [1.165, 1.54) is 5.56 Å². The number of aromatic nitrogens is 1. The summed E-state index contributed by atoms with van der Waals surface area (Å²) in [6.45, 7) is 4.30. The predicted octanol–water partition coefficient (Wildman–Crippen LogP) is 5.61. The summed E-state index contributed by atoms with van der Waals surface area (Å²) in [4.78, 5) is 18.7. The van der Waals surface area contributed by atoms with Crippen LogP contribution in [0, 0.1) is 0 Å². The van der Waals surface area contributed by atoms with Gasteiger partial charge in [0.05, 0.1) is 5.56 Å². The second kappa shape index (κ2) is 7.99. The maximum absolute atomic E-state index is 12.5. The standard InChI is InChI=1S/C21H20N2OS/c1-15(2)16-8-10-18(11-9-16)23-21(24)17-12-20(14-22-13-17)25-19-6-4-3-5-7-19/h3-15H,1-2H3,(H,23,24). The summed E-state index contributed by atoms with van der Waals surface area (Å²) in [7, 11) is 0. The fourth-order valence-corrected chi connectivity index (χ4v) is 3.24. The highest BCUT2D eigenvalue weighted by Gasteiger charge is 2.09. The average Bonchev–Trinajstić information content (AvgIpc) is 2.63. The minimum absolute atomic E-state index is 0.152. The van der Waals surface area contributed by atoms with Crippen LogP contribution in [0.15, 0.2) is 82.8 Å². The number of benzene rings is 2. The summed E-state index contributed by atoms with van der Waals surface area (Å²) >= 11 is 1.59. The fraction of sp³-hybridized carbons (Fsp3) is 0.143. The molecule has 0 fully saturated rings. The molecule has 0 aliphatic rings. The van der Waals surface area contributed by atoms with Crippen LogP contribution in [0.5, 0.6) is 0 Å². The van der Waals surface area contributed by atoms with Gasteiger partial charge in [-0.2, -0.15) is 0 Å². The van der Waals surface area contributed by atoms with Gasteiger partial charge in [-0.25, -0.2) is 0 Å². The van der Waals surface area contributed by atoms with Gasteiger partial charge in [0.1, 0.15) is 0 Å². The molecule has 1 heterocycles. The van der Waals surface area contributed by atoms with Crippen molar-refractivity contribution >= 4 is 23.4 Å². The second-order valence-electron chi connectivity index (χ2n) is 6.06. The molecule has 0 saturated heterocycles. The molecule has 25 heavy (non-hydrogen) atoms. The largest absolute Gasteiger partial charge is 0.322 e. The van der Waals surface area contributed by atoms with Crippen molar-refractivity contribution in [3.63, 3.8) is 0 Å². The highest BCUT2D eigenvalue weighted by atomic mass is 32.2. The Hall–Kier alpha value is -2.59. The van der Waals surface area contributed by atoms with Gasteiger partial charge in [-0.05, 0) is 41.8 Å². The molecule has 0 aliphatic heterocycles. The van der Waals surface area contributed by atoms with E-state index in [4.69, 9.17) is 0 Å². The van der Waals surface area contributed by atoms with Crippen LogP contribution in [0.4, 0.5) is 5.69 Å². The highest BCUT2D eigenvalue weighted by molar-refractivity contribution is 7.99. The molecule has 0 bridgehead atoms. The van der Waals surface area contributed by atoms with Crippen molar-refractivity contribution < 1.29 is 4.79 Å². The molecule has 4 heteroatoms. The molecule has 0 atom stereocenters. The lowest BCUT2D eigenvalue weighted by atomic mass is 10.0. The molecule has 1 amide bonds. The summed E-state index contributed by atoms with van der Waals surface area (Å²) < 4.78 is 0. The van der Waals surface area contributed by atoms with Crippen LogP contribution in [-0.4, -0.2) is 10.9 Å². The minimum atomic E-state index is -0.152. The third-order valence-corrected chi connectivity index (χ3v) is 4.76. The van der Waals surface area contributed by atoms with Crippen molar-refractivity contribution in [3.05, 3.63) is 84.2 Å². The third kappa shape index (κ3) is 4.70. The topological polar surface area (TPSA) is 42.0 Å². The van der Waals surface area contributed by atoms with E-state index in [9.17, 15) is 4.79 Å². The van der Waals surface area contributed by atoms with Gasteiger partial charge >= 0.3 is 0 Å². The molecule has 126 valence electrons. The quantitative estimate of drug-likeness (QED) is 0.652. The third-order valence-electron chi connectivity index (χ3n) is 3.79. The maximum atomic E-state index is 12.5. The van der Waals surface area contributed by atoms with Crippen LogP contribution in [0.3, 0.4) is 0 Å². The lowest BCUT2D eigenvalue weighted by molar-refractivity contribution is 0.102. The van der Waals surface area contributed by atoms with E-state index in [2.05, 4.69) is 24.1 Å². The molecular formula is C21H20N2OS. The van der Waals surface area contributed by atoms with Crippen LogP contribution >= 0.6 is 11.8 Å². The Morgan fingerprint density at radius 1 is 0.960 bits per heavy atom. The molecule has 0 spiro atoms. The van der Waals surface area contributed by atoms with Crippen molar-refractivity contribution in [2.75, 3.05) is 5.32 Å². The molecule has 3 aromatic rings. The van der Waals surface area contributed by atoms with Crippen LogP contribution in [0.25, 0.3) is 0 Å². The summed E-state index contributed by atoms with van der Waals surface area (Å²) in [5.41, 5.74) is 2.59. The average molecular weight is 348 g/mol. The van der Waals surface area contributed by atoms with Gasteiger partial charge in [0.15, 0.2) is 0 Å². The normalized spacial score (nSPS) is 10.7. The van der Waals surface area contributed by atoms with Crippen molar-refractivity contribution in [2.24, 2.45) is 0 Å². The van der Waals surface area contributed by atoms with Crippen LogP contribution in [-0.2, 0) is 0 Å². The van der Waals surface area contributed by atoms with E-state index in [0.717, 1.165) is 15.5 Å². The molecule has 0 radical (unpaired) electrons. The first kappa shape index (κ1) is 17.2. The Bertz CT molecular complexity index is 845. The van der Waals surface area contributed by atoms with E-state index in [0.29, 0.717) is 11.5 Å². The number of amides is 1. The lowest BCUT2D eigenvalue weighted by Gasteiger charge is -2.09. The number of hydrogen-bond donors (Lipinski definition) is 1. The SMILES string of the molecule is CC(C)c1ccc(NC(=O)c2cncc(Sc3ccccc3)c2)cc1. The summed E-state index contributed by atoms with van der Waals surface area (Å²) in [5, 5.41) is 2.93. The fourth-order valence-electron chi connectivity index (χ4n) is 2.38. The number of nitrogens with zero attached hydrogens (tertiary/aromatic N) is 1. The second-order valence-corrected chi connectivity index (χ2v) is 7.20. The highest BCUT2D eigenvalue weighted by Crippen LogP contribution is 2.27. The molecule has 3 rings (SSSR count). The zero-order valence-corrected chi connectivity index (χ0v) is 15.1. The molecule has 1 N–H and O–H groups in total. The van der Waals surface area contributed by atoms with Crippen LogP contribution in [0.2, 0.25) is 0 Å². The number of anilines is 1. The monoisotopic (exact) mass is 348 g/mol. The van der Waals surface area contributed by atoms with Crippen molar-refractivity contribution in [3.8, 4) is 0 Å². The summed E-state index contributed by atoms with van der Waals surface area (Å²) in [5.74, 6) is 0.320. The van der Waals surface area contributed by atoms with Crippen molar-refractivity contribution in [1.82, 2.24) is 4.98 Å². The number of carbonyl (C=O) groups excluding carboxylic acids is 1. The Kier molecular flexibility index (Phi) is 5.51. The van der Waals surface area contributed by atoms with Gasteiger partial charge in [0.2, 0.25) is 0 Å². The van der Waals surface area contributed by atoms with Crippen molar-refractivity contribution in [1.29, 1.82) is 0 Å². The Morgan fingerprint density at radius 2 is 1.68 bits per heavy atom. The molecule has 1 aromatic heterocycles. The molecule has 0 saturated carbocycles. The van der Waals surface area contributed by atoms with E-state index in [1.807, 2.05) is 60.7 Å². The number of nitrogens with one attached hydrogen (secondary N) is 1. The molecular weight excluding hydrogens is 328 g/mol. The van der Waals surface area contributed by atoms with E-state index < -0.39 is 0 Å². The first-order valence-corrected chi connectivity index (χ1v) is 9.03. The molecule has 3 nitrogen and oxygen atoms in total. The van der Waals surface area contributed by atoms with Crippen LogP contribution in [0.1, 0.15) is 35.7 Å². The predicted molar refractivity (Wildman–Crippen MR) is 103 cm³/mol. The van der Waals surface area contributed by atoms with E-state index >= 15 is 0 Å². The Balaban J connectivity index is 1.70. The number of rotatable bonds is 5. The lowest BCUT2D eigenvalue weighted by Crippen LogP contribution is -2.12. The first-order chi connectivity index (χ1) is 12.1. The Labute approximate surface area is 152 Å². The van der Waals surface area contributed by atoms with Gasteiger partial charge in [-0.3, -0.25) is 9.78 Å². The molecule has 0 aliphatic carbocycles. The zero-order valence-electron chi connectivity index (χ0n) is 14.3. The number of pyridine rings is 1. The minimum Gasteiger partial charge on any atom is -0.322 e. The van der Waals surface area contributed by atoms with Gasteiger partial charge in [0.25, 0.3) is 5.91 Å². The first-order valence-electron chi connectivity index (χ1n) is 8.21. The van der Waals surface area contributed by atoms with E-state index in [1.54, 1.807) is 24.2 Å². The van der Waals surface area contributed by atoms with Gasteiger partial charge in [-0.15, -0.1) is 0 Å². The number of carbonyl (C=O) groups is 1. The van der Waals surface area contributed by atoms with Crippen LogP contribution < -0.4 is 5.32 Å². The molecule has 2 aromatic carbocycles. The molecule has 0 unspecified atom stereocenters. The number of hydrogen-bond acceptors (Lipinski definition) is 3. The Morgan fingerprint density at radius 3 is 2.36 bits per heavy atom.